The van der Waals surface area contributed by atoms with Crippen LogP contribution in [0.15, 0.2) is 18.2 Å². The van der Waals surface area contributed by atoms with Gasteiger partial charge < -0.3 is 5.32 Å². The molecule has 1 aromatic rings. The zero-order chi connectivity index (χ0) is 10.8. The molecule has 1 aliphatic rings. The normalized spacial score (nSPS) is 24.1. The monoisotopic (exact) mass is 200 g/mol. The van der Waals surface area contributed by atoms with Crippen LogP contribution in [0.3, 0.4) is 0 Å². The Morgan fingerprint density at radius 2 is 2.13 bits per heavy atom. The summed E-state index contributed by atoms with van der Waals surface area (Å²) in [6, 6.07) is 8.65. The van der Waals surface area contributed by atoms with E-state index in [9.17, 15) is 0 Å². The van der Waals surface area contributed by atoms with Gasteiger partial charge in [-0.05, 0) is 37.3 Å². The van der Waals surface area contributed by atoms with Crippen molar-refractivity contribution in [1.29, 1.82) is 5.26 Å². The summed E-state index contributed by atoms with van der Waals surface area (Å²) in [6.07, 6.45) is 2.44. The highest BCUT2D eigenvalue weighted by molar-refractivity contribution is 5.62. The van der Waals surface area contributed by atoms with Crippen LogP contribution in [0.25, 0.3) is 0 Å². The summed E-state index contributed by atoms with van der Waals surface area (Å²) in [6.45, 7) is 4.31. The van der Waals surface area contributed by atoms with Crippen molar-refractivity contribution >= 4 is 5.69 Å². The zero-order valence-corrected chi connectivity index (χ0v) is 9.25. The van der Waals surface area contributed by atoms with E-state index in [0.29, 0.717) is 6.04 Å². The topological polar surface area (TPSA) is 35.8 Å². The molecular formula is C13H16N2. The lowest BCUT2D eigenvalue weighted by molar-refractivity contribution is 0.309. The predicted octanol–water partition coefficient (Wildman–Crippen LogP) is 3.08. The van der Waals surface area contributed by atoms with E-state index in [1.54, 1.807) is 0 Å². The molecule has 78 valence electrons. The van der Waals surface area contributed by atoms with E-state index in [1.807, 2.05) is 25.1 Å². The summed E-state index contributed by atoms with van der Waals surface area (Å²) < 4.78 is 0. The molecule has 0 aliphatic heterocycles. The van der Waals surface area contributed by atoms with Gasteiger partial charge in [0.1, 0.15) is 6.07 Å². The molecule has 2 nitrogen and oxygen atoms in total. The molecular weight excluding hydrogens is 184 g/mol. The summed E-state index contributed by atoms with van der Waals surface area (Å²) >= 11 is 0. The molecule has 1 aliphatic carbocycles. The van der Waals surface area contributed by atoms with Gasteiger partial charge in [0, 0.05) is 6.04 Å². The van der Waals surface area contributed by atoms with Crippen LogP contribution in [0.5, 0.6) is 0 Å². The number of para-hydroxylation sites is 1. The first-order valence-corrected chi connectivity index (χ1v) is 5.47. The molecule has 0 atom stereocenters. The average molecular weight is 200 g/mol. The van der Waals surface area contributed by atoms with Crippen molar-refractivity contribution in [2.45, 2.75) is 32.7 Å². The number of anilines is 1. The maximum absolute atomic E-state index is 9.01. The summed E-state index contributed by atoms with van der Waals surface area (Å²) in [4.78, 5) is 0. The van der Waals surface area contributed by atoms with Crippen molar-refractivity contribution in [3.63, 3.8) is 0 Å². The summed E-state index contributed by atoms with van der Waals surface area (Å²) in [7, 11) is 0. The molecule has 1 fully saturated rings. The highest BCUT2D eigenvalue weighted by Gasteiger charge is 2.25. The van der Waals surface area contributed by atoms with Gasteiger partial charge in [-0.25, -0.2) is 0 Å². The third-order valence-electron chi connectivity index (χ3n) is 3.12. The van der Waals surface area contributed by atoms with Crippen molar-refractivity contribution < 1.29 is 0 Å². The quantitative estimate of drug-likeness (QED) is 0.796. The minimum atomic E-state index is 0.563. The molecule has 1 aromatic carbocycles. The van der Waals surface area contributed by atoms with E-state index in [0.717, 1.165) is 22.7 Å². The van der Waals surface area contributed by atoms with Crippen LogP contribution in [0.1, 0.15) is 30.9 Å². The van der Waals surface area contributed by atoms with Gasteiger partial charge in [-0.2, -0.15) is 5.26 Å². The van der Waals surface area contributed by atoms with E-state index in [4.69, 9.17) is 5.26 Å². The van der Waals surface area contributed by atoms with Crippen LogP contribution < -0.4 is 5.32 Å². The molecule has 0 saturated heterocycles. The third-order valence-corrected chi connectivity index (χ3v) is 3.12. The minimum absolute atomic E-state index is 0.563. The van der Waals surface area contributed by atoms with Gasteiger partial charge in [-0.15, -0.1) is 0 Å². The molecule has 0 amide bonds. The van der Waals surface area contributed by atoms with Crippen LogP contribution in [0, 0.1) is 24.2 Å². The Kier molecular flexibility index (Phi) is 2.64. The van der Waals surface area contributed by atoms with Gasteiger partial charge >= 0.3 is 0 Å². The van der Waals surface area contributed by atoms with Crippen LogP contribution >= 0.6 is 0 Å². The zero-order valence-electron chi connectivity index (χ0n) is 9.25. The number of nitriles is 1. The Morgan fingerprint density at radius 3 is 2.73 bits per heavy atom. The lowest BCUT2D eigenvalue weighted by Crippen LogP contribution is -2.34. The van der Waals surface area contributed by atoms with Crippen molar-refractivity contribution in [3.05, 3.63) is 29.3 Å². The molecule has 0 radical (unpaired) electrons. The SMILES string of the molecule is Cc1cccc(C#N)c1NC1CC(C)C1. The van der Waals surface area contributed by atoms with Crippen molar-refractivity contribution in [2.75, 3.05) is 5.32 Å². The Labute approximate surface area is 90.9 Å². The highest BCUT2D eigenvalue weighted by Crippen LogP contribution is 2.31. The maximum atomic E-state index is 9.01. The van der Waals surface area contributed by atoms with Crippen LogP contribution in [0.2, 0.25) is 0 Å². The fourth-order valence-corrected chi connectivity index (χ4v) is 2.18. The Hall–Kier alpha value is -1.49. The van der Waals surface area contributed by atoms with E-state index in [-0.39, 0.29) is 0 Å². The van der Waals surface area contributed by atoms with Crippen LogP contribution in [-0.4, -0.2) is 6.04 Å². The lowest BCUT2D eigenvalue weighted by Gasteiger charge is -2.34. The first-order valence-electron chi connectivity index (χ1n) is 5.47. The number of benzene rings is 1. The Morgan fingerprint density at radius 1 is 1.40 bits per heavy atom. The molecule has 0 heterocycles. The summed E-state index contributed by atoms with van der Waals surface area (Å²) in [5.74, 6) is 0.831. The van der Waals surface area contributed by atoms with E-state index >= 15 is 0 Å². The second-order valence-electron chi connectivity index (χ2n) is 4.53. The molecule has 2 heteroatoms. The third kappa shape index (κ3) is 1.97. The first kappa shape index (κ1) is 10.0. The van der Waals surface area contributed by atoms with Gasteiger partial charge in [0.25, 0.3) is 0 Å². The first-order chi connectivity index (χ1) is 7.20. The number of aryl methyl sites for hydroxylation is 1. The fraction of sp³-hybridized carbons (Fsp3) is 0.462. The second kappa shape index (κ2) is 3.94. The van der Waals surface area contributed by atoms with E-state index < -0.39 is 0 Å². The molecule has 0 aromatic heterocycles. The van der Waals surface area contributed by atoms with Gasteiger partial charge in [-0.3, -0.25) is 0 Å². The van der Waals surface area contributed by atoms with Crippen molar-refractivity contribution in [1.82, 2.24) is 0 Å². The van der Waals surface area contributed by atoms with Gasteiger partial charge in [0.05, 0.1) is 11.3 Å². The molecule has 2 rings (SSSR count). The molecule has 0 spiro atoms. The molecule has 15 heavy (non-hydrogen) atoms. The van der Waals surface area contributed by atoms with Crippen molar-refractivity contribution in [3.8, 4) is 6.07 Å². The number of hydrogen-bond donors (Lipinski definition) is 1. The maximum Gasteiger partial charge on any atom is 0.101 e. The van der Waals surface area contributed by atoms with Crippen LogP contribution in [-0.2, 0) is 0 Å². The Bertz CT molecular complexity index is 397. The summed E-state index contributed by atoms with van der Waals surface area (Å²) in [5.41, 5.74) is 2.94. The molecule has 1 N–H and O–H groups in total. The van der Waals surface area contributed by atoms with Gasteiger partial charge in [0.15, 0.2) is 0 Å². The summed E-state index contributed by atoms with van der Waals surface area (Å²) in [5, 5.41) is 12.5. The molecule has 0 bridgehead atoms. The largest absolute Gasteiger partial charge is 0.381 e. The highest BCUT2D eigenvalue weighted by atomic mass is 14.9. The van der Waals surface area contributed by atoms with Crippen LogP contribution in [0.4, 0.5) is 5.69 Å². The van der Waals surface area contributed by atoms with Gasteiger partial charge in [0.2, 0.25) is 0 Å². The smallest absolute Gasteiger partial charge is 0.101 e. The fourth-order valence-electron chi connectivity index (χ4n) is 2.18. The van der Waals surface area contributed by atoms with Gasteiger partial charge in [-0.1, -0.05) is 19.1 Å². The minimum Gasteiger partial charge on any atom is -0.381 e. The number of nitrogens with one attached hydrogen (secondary N) is 1. The average Bonchev–Trinajstić information content (AvgIpc) is 2.18. The van der Waals surface area contributed by atoms with E-state index in [1.165, 1.54) is 12.8 Å². The lowest BCUT2D eigenvalue weighted by atomic mass is 9.81. The molecule has 1 saturated carbocycles. The number of nitrogens with zero attached hydrogens (tertiary/aromatic N) is 1. The number of rotatable bonds is 2. The standard InChI is InChI=1S/C13H16N2/c1-9-6-12(7-9)15-13-10(2)4-3-5-11(13)8-14/h3-5,9,12,15H,6-7H2,1-2H3. The number of hydrogen-bond acceptors (Lipinski definition) is 2. The Balaban J connectivity index is 2.17. The second-order valence-corrected chi connectivity index (χ2v) is 4.53. The van der Waals surface area contributed by atoms with E-state index in [2.05, 4.69) is 18.3 Å². The van der Waals surface area contributed by atoms with Crippen molar-refractivity contribution in [2.24, 2.45) is 5.92 Å². The molecule has 0 unspecified atom stereocenters. The predicted molar refractivity (Wildman–Crippen MR) is 61.7 cm³/mol.